The molecule has 0 aromatic heterocycles. The van der Waals surface area contributed by atoms with Crippen molar-refractivity contribution in [1.29, 1.82) is 0 Å². The molecule has 1 N–H and O–H groups in total. The largest absolute Gasteiger partial charge is 0.478 e. The molecule has 0 radical (unpaired) electrons. The van der Waals surface area contributed by atoms with Crippen molar-refractivity contribution in [2.24, 2.45) is 5.41 Å². The summed E-state index contributed by atoms with van der Waals surface area (Å²) in [6.07, 6.45) is -2.35. The summed E-state index contributed by atoms with van der Waals surface area (Å²) >= 11 is 0. The SMILES string of the molecule is CC(=O)O[C@@H](CC(=O)O[C@@H](C)C(C)(C)C)C(=O)O. The van der Waals surface area contributed by atoms with Crippen molar-refractivity contribution >= 4 is 17.9 Å². The van der Waals surface area contributed by atoms with Crippen molar-refractivity contribution in [3.63, 3.8) is 0 Å². The van der Waals surface area contributed by atoms with Crippen LogP contribution in [-0.2, 0) is 23.9 Å². The van der Waals surface area contributed by atoms with Crippen molar-refractivity contribution in [2.75, 3.05) is 0 Å². The number of hydrogen-bond donors (Lipinski definition) is 1. The van der Waals surface area contributed by atoms with E-state index < -0.39 is 30.4 Å². The number of carboxylic acid groups (broad SMARTS) is 1. The zero-order valence-electron chi connectivity index (χ0n) is 11.4. The number of esters is 2. The Kier molecular flexibility index (Phi) is 5.81. The van der Waals surface area contributed by atoms with Crippen LogP contribution in [0.2, 0.25) is 0 Å². The molecule has 0 amide bonds. The molecule has 18 heavy (non-hydrogen) atoms. The van der Waals surface area contributed by atoms with E-state index >= 15 is 0 Å². The van der Waals surface area contributed by atoms with Crippen molar-refractivity contribution in [1.82, 2.24) is 0 Å². The molecule has 104 valence electrons. The van der Waals surface area contributed by atoms with Crippen molar-refractivity contribution in [3.05, 3.63) is 0 Å². The fraction of sp³-hybridized carbons (Fsp3) is 0.750. The third-order valence-electron chi connectivity index (χ3n) is 2.46. The molecule has 0 aromatic rings. The molecule has 0 aliphatic heterocycles. The molecule has 0 heterocycles. The highest BCUT2D eigenvalue weighted by atomic mass is 16.6. The summed E-state index contributed by atoms with van der Waals surface area (Å²) in [4.78, 5) is 33.0. The van der Waals surface area contributed by atoms with E-state index in [1.807, 2.05) is 20.8 Å². The second-order valence-corrected chi connectivity index (χ2v) is 5.14. The highest BCUT2D eigenvalue weighted by Crippen LogP contribution is 2.22. The van der Waals surface area contributed by atoms with Crippen LogP contribution in [0.15, 0.2) is 0 Å². The average Bonchev–Trinajstić information content (AvgIpc) is 2.13. The van der Waals surface area contributed by atoms with Crippen molar-refractivity contribution < 1.29 is 29.0 Å². The molecule has 0 saturated carbocycles. The topological polar surface area (TPSA) is 89.9 Å². The van der Waals surface area contributed by atoms with Gasteiger partial charge in [0.15, 0.2) is 0 Å². The fourth-order valence-corrected chi connectivity index (χ4v) is 0.953. The molecular weight excluding hydrogens is 240 g/mol. The van der Waals surface area contributed by atoms with Gasteiger partial charge in [-0.3, -0.25) is 9.59 Å². The Morgan fingerprint density at radius 3 is 2.00 bits per heavy atom. The standard InChI is InChI=1S/C12H20O6/c1-7(12(3,4)5)17-10(14)6-9(11(15)16)18-8(2)13/h7,9H,6H2,1-5H3,(H,15,16)/t7-,9-/m0/s1. The van der Waals surface area contributed by atoms with Gasteiger partial charge < -0.3 is 14.6 Å². The minimum atomic E-state index is -1.50. The Balaban J connectivity index is 4.44. The lowest BCUT2D eigenvalue weighted by molar-refractivity contribution is -0.170. The maximum Gasteiger partial charge on any atom is 0.345 e. The summed E-state index contributed by atoms with van der Waals surface area (Å²) in [7, 11) is 0. The Hall–Kier alpha value is -1.59. The summed E-state index contributed by atoms with van der Waals surface area (Å²) in [6.45, 7) is 8.49. The maximum atomic E-state index is 11.5. The molecule has 0 aliphatic carbocycles. The first-order valence-corrected chi connectivity index (χ1v) is 5.63. The lowest BCUT2D eigenvalue weighted by Gasteiger charge is -2.27. The molecule has 2 atom stereocenters. The summed E-state index contributed by atoms with van der Waals surface area (Å²) in [5, 5.41) is 8.78. The van der Waals surface area contributed by atoms with Crippen molar-refractivity contribution in [3.8, 4) is 0 Å². The molecule has 0 aromatic carbocycles. The van der Waals surface area contributed by atoms with Gasteiger partial charge in [0, 0.05) is 6.92 Å². The number of hydrogen-bond acceptors (Lipinski definition) is 5. The number of ether oxygens (including phenoxy) is 2. The van der Waals surface area contributed by atoms with Crippen LogP contribution in [0.3, 0.4) is 0 Å². The van der Waals surface area contributed by atoms with Crippen LogP contribution in [0.5, 0.6) is 0 Å². The lowest BCUT2D eigenvalue weighted by atomic mass is 9.90. The maximum absolute atomic E-state index is 11.5. The van der Waals surface area contributed by atoms with Gasteiger partial charge >= 0.3 is 17.9 Å². The van der Waals surface area contributed by atoms with Gasteiger partial charge in [-0.25, -0.2) is 4.79 Å². The summed E-state index contributed by atoms with van der Waals surface area (Å²) in [5.74, 6) is -2.82. The molecule has 0 spiro atoms. The quantitative estimate of drug-likeness (QED) is 0.751. The van der Waals surface area contributed by atoms with Gasteiger partial charge in [0.25, 0.3) is 0 Å². The average molecular weight is 260 g/mol. The Labute approximate surface area is 106 Å². The predicted octanol–water partition coefficient (Wildman–Crippen LogP) is 1.37. The zero-order chi connectivity index (χ0) is 14.5. The first kappa shape index (κ1) is 16.4. The van der Waals surface area contributed by atoms with Crippen LogP contribution in [-0.4, -0.2) is 35.2 Å². The minimum absolute atomic E-state index is 0.240. The molecular formula is C12H20O6. The van der Waals surface area contributed by atoms with E-state index in [1.54, 1.807) is 6.92 Å². The first-order valence-electron chi connectivity index (χ1n) is 5.63. The van der Waals surface area contributed by atoms with E-state index in [0.717, 1.165) is 6.92 Å². The molecule has 0 bridgehead atoms. The normalized spacial score (nSPS) is 14.5. The van der Waals surface area contributed by atoms with Gasteiger partial charge in [-0.2, -0.15) is 0 Å². The predicted molar refractivity (Wildman–Crippen MR) is 62.8 cm³/mol. The van der Waals surface area contributed by atoms with E-state index in [0.29, 0.717) is 0 Å². The molecule has 0 unspecified atom stereocenters. The number of aliphatic carboxylic acids is 1. The van der Waals surface area contributed by atoms with Gasteiger partial charge in [0.05, 0.1) is 6.42 Å². The Morgan fingerprint density at radius 2 is 1.67 bits per heavy atom. The van der Waals surface area contributed by atoms with E-state index in [2.05, 4.69) is 4.74 Å². The van der Waals surface area contributed by atoms with Gasteiger partial charge in [-0.05, 0) is 12.3 Å². The van der Waals surface area contributed by atoms with Gasteiger partial charge in [-0.1, -0.05) is 20.8 Å². The van der Waals surface area contributed by atoms with E-state index in [4.69, 9.17) is 9.84 Å². The van der Waals surface area contributed by atoms with Gasteiger partial charge in [0.1, 0.15) is 6.10 Å². The van der Waals surface area contributed by atoms with Gasteiger partial charge in [-0.15, -0.1) is 0 Å². The van der Waals surface area contributed by atoms with Gasteiger partial charge in [0.2, 0.25) is 6.10 Å². The number of carbonyl (C=O) groups is 3. The van der Waals surface area contributed by atoms with Crippen LogP contribution in [0.4, 0.5) is 0 Å². The van der Waals surface area contributed by atoms with E-state index in [9.17, 15) is 14.4 Å². The lowest BCUT2D eigenvalue weighted by Crippen LogP contribution is -2.33. The third kappa shape index (κ3) is 6.22. The summed E-state index contributed by atoms with van der Waals surface area (Å²) in [5.41, 5.74) is -0.240. The highest BCUT2D eigenvalue weighted by Gasteiger charge is 2.29. The minimum Gasteiger partial charge on any atom is -0.478 e. The van der Waals surface area contributed by atoms with E-state index in [-0.39, 0.29) is 11.5 Å². The van der Waals surface area contributed by atoms with Crippen LogP contribution in [0.1, 0.15) is 41.0 Å². The zero-order valence-corrected chi connectivity index (χ0v) is 11.4. The smallest absolute Gasteiger partial charge is 0.345 e. The Bertz CT molecular complexity index is 328. The summed E-state index contributed by atoms with van der Waals surface area (Å²) < 4.78 is 9.59. The summed E-state index contributed by atoms with van der Waals surface area (Å²) in [6, 6.07) is 0. The highest BCUT2D eigenvalue weighted by molar-refractivity contribution is 5.83. The molecule has 0 fully saturated rings. The molecule has 6 nitrogen and oxygen atoms in total. The van der Waals surface area contributed by atoms with Crippen LogP contribution in [0, 0.1) is 5.41 Å². The van der Waals surface area contributed by atoms with E-state index in [1.165, 1.54) is 0 Å². The first-order chi connectivity index (χ1) is 8.04. The van der Waals surface area contributed by atoms with Crippen LogP contribution >= 0.6 is 0 Å². The second kappa shape index (κ2) is 6.37. The van der Waals surface area contributed by atoms with Crippen LogP contribution < -0.4 is 0 Å². The van der Waals surface area contributed by atoms with Crippen molar-refractivity contribution in [2.45, 2.75) is 53.2 Å². The number of rotatable bonds is 5. The molecule has 0 saturated heterocycles. The molecule has 6 heteroatoms. The molecule has 0 aliphatic rings. The van der Waals surface area contributed by atoms with Crippen LogP contribution in [0.25, 0.3) is 0 Å². The number of carbonyl (C=O) groups excluding carboxylic acids is 2. The number of carboxylic acids is 1. The third-order valence-corrected chi connectivity index (χ3v) is 2.46. The Morgan fingerprint density at radius 1 is 1.17 bits per heavy atom. The fourth-order valence-electron chi connectivity index (χ4n) is 0.953. The molecule has 0 rings (SSSR count). The second-order valence-electron chi connectivity index (χ2n) is 5.14. The monoisotopic (exact) mass is 260 g/mol.